The lowest BCUT2D eigenvalue weighted by Gasteiger charge is -2.37. The second kappa shape index (κ2) is 6.17. The fourth-order valence-electron chi connectivity index (χ4n) is 3.11. The topological polar surface area (TPSA) is 52.5 Å². The van der Waals surface area contributed by atoms with Gasteiger partial charge in [0.05, 0.1) is 5.52 Å². The Bertz CT molecular complexity index is 861. The molecule has 1 aromatic heterocycles. The van der Waals surface area contributed by atoms with Crippen LogP contribution in [-0.2, 0) is 0 Å². The van der Waals surface area contributed by atoms with Gasteiger partial charge in [0, 0.05) is 42.3 Å². The quantitative estimate of drug-likeness (QED) is 0.775. The van der Waals surface area contributed by atoms with E-state index >= 15 is 0 Å². The van der Waals surface area contributed by atoms with Gasteiger partial charge in [0.15, 0.2) is 0 Å². The van der Waals surface area contributed by atoms with E-state index in [1.165, 1.54) is 0 Å². The molecule has 3 aromatic rings. The highest BCUT2D eigenvalue weighted by molar-refractivity contribution is 6.31. The van der Waals surface area contributed by atoms with Crippen LogP contribution in [0.5, 0.6) is 5.75 Å². The first kappa shape index (κ1) is 15.0. The zero-order valence-electron chi connectivity index (χ0n) is 13.1. The summed E-state index contributed by atoms with van der Waals surface area (Å²) in [6.07, 6.45) is 1.61. The normalized spacial score (nSPS) is 15.0. The molecule has 2 heterocycles. The van der Waals surface area contributed by atoms with E-state index in [1.807, 2.05) is 30.3 Å². The van der Waals surface area contributed by atoms with Crippen LogP contribution in [0.1, 0.15) is 0 Å². The zero-order chi connectivity index (χ0) is 16.5. The minimum Gasteiger partial charge on any atom is -0.508 e. The molecule has 0 unspecified atom stereocenters. The van der Waals surface area contributed by atoms with Crippen molar-refractivity contribution in [3.8, 4) is 5.75 Å². The van der Waals surface area contributed by atoms with E-state index in [4.69, 9.17) is 11.6 Å². The standard InChI is InChI=1S/C18H17ClN4O/c19-13-1-6-17-16(11-13)18(21-12-20-17)23-9-7-22(8-10-23)14-2-4-15(24)5-3-14/h1-6,11-12,24H,7-10H2. The van der Waals surface area contributed by atoms with Crippen molar-refractivity contribution in [3.05, 3.63) is 53.8 Å². The van der Waals surface area contributed by atoms with Gasteiger partial charge in [0.2, 0.25) is 0 Å². The van der Waals surface area contributed by atoms with E-state index in [1.54, 1.807) is 18.5 Å². The van der Waals surface area contributed by atoms with Crippen LogP contribution in [0.3, 0.4) is 0 Å². The molecule has 0 aliphatic carbocycles. The smallest absolute Gasteiger partial charge is 0.140 e. The molecule has 0 radical (unpaired) electrons. The molecule has 1 aliphatic heterocycles. The summed E-state index contributed by atoms with van der Waals surface area (Å²) in [5.74, 6) is 1.23. The first-order valence-electron chi connectivity index (χ1n) is 7.90. The van der Waals surface area contributed by atoms with Crippen LogP contribution >= 0.6 is 11.6 Å². The van der Waals surface area contributed by atoms with Gasteiger partial charge in [0.1, 0.15) is 17.9 Å². The number of anilines is 2. The second-order valence-electron chi connectivity index (χ2n) is 5.85. The number of nitrogens with zero attached hydrogens (tertiary/aromatic N) is 4. The summed E-state index contributed by atoms with van der Waals surface area (Å²) in [5.41, 5.74) is 2.04. The summed E-state index contributed by atoms with van der Waals surface area (Å²) < 4.78 is 0. The van der Waals surface area contributed by atoms with Gasteiger partial charge in [-0.25, -0.2) is 9.97 Å². The number of hydrogen-bond donors (Lipinski definition) is 1. The minimum atomic E-state index is 0.293. The average molecular weight is 341 g/mol. The number of phenolic OH excluding ortho intramolecular Hbond substituents is 1. The molecule has 2 aromatic carbocycles. The molecule has 1 saturated heterocycles. The van der Waals surface area contributed by atoms with Crippen LogP contribution in [0.25, 0.3) is 10.9 Å². The third-order valence-corrected chi connectivity index (χ3v) is 4.61. The molecule has 5 nitrogen and oxygen atoms in total. The van der Waals surface area contributed by atoms with E-state index in [0.29, 0.717) is 10.8 Å². The molecule has 4 rings (SSSR count). The van der Waals surface area contributed by atoms with Crippen molar-refractivity contribution in [3.63, 3.8) is 0 Å². The maximum absolute atomic E-state index is 9.42. The van der Waals surface area contributed by atoms with Gasteiger partial charge in [0.25, 0.3) is 0 Å². The summed E-state index contributed by atoms with van der Waals surface area (Å²) in [7, 11) is 0. The Kier molecular flexibility index (Phi) is 3.86. The molecule has 24 heavy (non-hydrogen) atoms. The first-order chi connectivity index (χ1) is 11.7. The van der Waals surface area contributed by atoms with Gasteiger partial charge in [-0.15, -0.1) is 0 Å². The first-order valence-corrected chi connectivity index (χ1v) is 8.28. The summed E-state index contributed by atoms with van der Waals surface area (Å²) >= 11 is 6.14. The Balaban J connectivity index is 1.56. The molecule has 0 atom stereocenters. The lowest BCUT2D eigenvalue weighted by molar-refractivity contribution is 0.475. The number of phenols is 1. The molecule has 122 valence electrons. The van der Waals surface area contributed by atoms with E-state index in [-0.39, 0.29) is 0 Å². The Morgan fingerprint density at radius 3 is 2.33 bits per heavy atom. The molecule has 1 aliphatic rings. The Morgan fingerprint density at radius 1 is 0.875 bits per heavy atom. The molecule has 6 heteroatoms. The number of fused-ring (bicyclic) bond motifs is 1. The van der Waals surface area contributed by atoms with Crippen molar-refractivity contribution in [2.75, 3.05) is 36.0 Å². The lowest BCUT2D eigenvalue weighted by atomic mass is 10.2. The van der Waals surface area contributed by atoms with Crippen LogP contribution in [0, 0.1) is 0 Å². The number of aromatic nitrogens is 2. The highest BCUT2D eigenvalue weighted by Gasteiger charge is 2.20. The van der Waals surface area contributed by atoms with Crippen molar-refractivity contribution in [1.82, 2.24) is 9.97 Å². The van der Waals surface area contributed by atoms with E-state index < -0.39 is 0 Å². The highest BCUT2D eigenvalue weighted by atomic mass is 35.5. The van der Waals surface area contributed by atoms with Crippen molar-refractivity contribution >= 4 is 34.0 Å². The SMILES string of the molecule is Oc1ccc(N2CCN(c3ncnc4ccc(Cl)cc34)CC2)cc1. The minimum absolute atomic E-state index is 0.293. The van der Waals surface area contributed by atoms with Gasteiger partial charge in [-0.2, -0.15) is 0 Å². The van der Waals surface area contributed by atoms with Gasteiger partial charge in [-0.1, -0.05) is 11.6 Å². The Hall–Kier alpha value is -2.53. The summed E-state index contributed by atoms with van der Waals surface area (Å²) in [6, 6.07) is 13.1. The van der Waals surface area contributed by atoms with Crippen LogP contribution in [0.15, 0.2) is 48.8 Å². The van der Waals surface area contributed by atoms with Gasteiger partial charge in [-0.3, -0.25) is 0 Å². The molecule has 0 saturated carbocycles. The average Bonchev–Trinajstić information content (AvgIpc) is 2.62. The van der Waals surface area contributed by atoms with Crippen molar-refractivity contribution in [1.29, 1.82) is 0 Å². The van der Waals surface area contributed by atoms with Crippen LogP contribution in [-0.4, -0.2) is 41.3 Å². The summed E-state index contributed by atoms with van der Waals surface area (Å²) in [5, 5.41) is 11.1. The summed E-state index contributed by atoms with van der Waals surface area (Å²) in [4.78, 5) is 13.4. The van der Waals surface area contributed by atoms with Crippen molar-refractivity contribution < 1.29 is 5.11 Å². The van der Waals surface area contributed by atoms with Gasteiger partial charge >= 0.3 is 0 Å². The number of piperazine rings is 1. The fraction of sp³-hybridized carbons (Fsp3) is 0.222. The third kappa shape index (κ3) is 2.83. The van der Waals surface area contributed by atoms with Gasteiger partial charge in [-0.05, 0) is 42.5 Å². The van der Waals surface area contributed by atoms with Crippen molar-refractivity contribution in [2.24, 2.45) is 0 Å². The number of halogens is 1. The second-order valence-corrected chi connectivity index (χ2v) is 6.29. The van der Waals surface area contributed by atoms with E-state index in [9.17, 15) is 5.11 Å². The third-order valence-electron chi connectivity index (χ3n) is 4.37. The van der Waals surface area contributed by atoms with E-state index in [0.717, 1.165) is 48.6 Å². The predicted molar refractivity (Wildman–Crippen MR) is 97.1 cm³/mol. The lowest BCUT2D eigenvalue weighted by Crippen LogP contribution is -2.46. The molecule has 0 spiro atoms. The number of rotatable bonds is 2. The van der Waals surface area contributed by atoms with Crippen molar-refractivity contribution in [2.45, 2.75) is 0 Å². The fourth-order valence-corrected chi connectivity index (χ4v) is 3.28. The number of hydrogen-bond acceptors (Lipinski definition) is 5. The Morgan fingerprint density at radius 2 is 1.58 bits per heavy atom. The molecule has 0 amide bonds. The largest absolute Gasteiger partial charge is 0.508 e. The maximum Gasteiger partial charge on any atom is 0.140 e. The highest BCUT2D eigenvalue weighted by Crippen LogP contribution is 2.27. The summed E-state index contributed by atoms with van der Waals surface area (Å²) in [6.45, 7) is 3.55. The molecule has 1 fully saturated rings. The van der Waals surface area contributed by atoms with Crippen LogP contribution < -0.4 is 9.80 Å². The molecule has 1 N–H and O–H groups in total. The number of aromatic hydroxyl groups is 1. The maximum atomic E-state index is 9.42. The molecular weight excluding hydrogens is 324 g/mol. The number of benzene rings is 2. The molecule has 0 bridgehead atoms. The zero-order valence-corrected chi connectivity index (χ0v) is 13.8. The van der Waals surface area contributed by atoms with Crippen LogP contribution in [0.4, 0.5) is 11.5 Å². The predicted octanol–water partition coefficient (Wildman–Crippen LogP) is 3.32. The molecular formula is C18H17ClN4O. The van der Waals surface area contributed by atoms with Crippen LogP contribution in [0.2, 0.25) is 5.02 Å². The van der Waals surface area contributed by atoms with Gasteiger partial charge < -0.3 is 14.9 Å². The monoisotopic (exact) mass is 340 g/mol. The van der Waals surface area contributed by atoms with E-state index in [2.05, 4.69) is 19.8 Å². The Labute approximate surface area is 145 Å².